The quantitative estimate of drug-likeness (QED) is 0.838. The smallest absolute Gasteiger partial charge is 0.245 e. The molecule has 8 heteroatoms. The summed E-state index contributed by atoms with van der Waals surface area (Å²) in [5, 5.41) is 2.53. The topological polar surface area (TPSA) is 66.5 Å². The Morgan fingerprint density at radius 1 is 1.22 bits per heavy atom. The largest absolute Gasteiger partial charge is 0.325 e. The highest BCUT2D eigenvalue weighted by atomic mass is 79.9. The number of hydrogen-bond acceptors (Lipinski definition) is 3. The lowest BCUT2D eigenvalue weighted by Gasteiger charge is -2.22. The van der Waals surface area contributed by atoms with Gasteiger partial charge in [-0.2, -0.15) is 0 Å². The average Bonchev–Trinajstić information content (AvgIpc) is 2.46. The van der Waals surface area contributed by atoms with Crippen LogP contribution in [-0.4, -0.2) is 27.1 Å². The summed E-state index contributed by atoms with van der Waals surface area (Å²) < 4.78 is 38.5. The van der Waals surface area contributed by atoms with Crippen molar-refractivity contribution in [3.8, 4) is 0 Å². The Labute approximate surface area is 142 Å². The average molecular weight is 401 g/mol. The van der Waals surface area contributed by atoms with Gasteiger partial charge in [0.2, 0.25) is 15.9 Å². The predicted octanol–water partition coefficient (Wildman–Crippen LogP) is 2.99. The molecule has 0 aliphatic heterocycles. The molecule has 1 amide bonds. The SMILES string of the molecule is CS(=O)(=O)N(CC(=O)Nc1ccc(F)cc1)c1cccc(Br)c1. The zero-order valence-electron chi connectivity index (χ0n) is 12.2. The van der Waals surface area contributed by atoms with Crippen molar-refractivity contribution in [2.24, 2.45) is 0 Å². The minimum Gasteiger partial charge on any atom is -0.325 e. The summed E-state index contributed by atoms with van der Waals surface area (Å²) in [6.07, 6.45) is 1.03. The summed E-state index contributed by atoms with van der Waals surface area (Å²) in [4.78, 5) is 12.1. The highest BCUT2D eigenvalue weighted by Crippen LogP contribution is 2.22. The van der Waals surface area contributed by atoms with Crippen LogP contribution in [0.2, 0.25) is 0 Å². The molecule has 0 unspecified atom stereocenters. The summed E-state index contributed by atoms with van der Waals surface area (Å²) in [5.41, 5.74) is 0.759. The maximum Gasteiger partial charge on any atom is 0.245 e. The summed E-state index contributed by atoms with van der Waals surface area (Å²) >= 11 is 3.27. The van der Waals surface area contributed by atoms with Crippen LogP contribution in [0.15, 0.2) is 53.0 Å². The van der Waals surface area contributed by atoms with Crippen molar-refractivity contribution >= 4 is 43.2 Å². The van der Waals surface area contributed by atoms with Crippen LogP contribution in [0.25, 0.3) is 0 Å². The van der Waals surface area contributed by atoms with Crippen molar-refractivity contribution in [3.05, 3.63) is 58.8 Å². The first kappa shape index (κ1) is 17.4. The molecule has 0 radical (unpaired) electrons. The monoisotopic (exact) mass is 400 g/mol. The Kier molecular flexibility index (Phi) is 5.38. The molecule has 0 aromatic heterocycles. The lowest BCUT2D eigenvalue weighted by molar-refractivity contribution is -0.114. The summed E-state index contributed by atoms with van der Waals surface area (Å²) in [7, 11) is -3.64. The van der Waals surface area contributed by atoms with Crippen molar-refractivity contribution < 1.29 is 17.6 Å². The fraction of sp³-hybridized carbons (Fsp3) is 0.133. The van der Waals surface area contributed by atoms with Crippen LogP contribution < -0.4 is 9.62 Å². The lowest BCUT2D eigenvalue weighted by atomic mass is 10.3. The first-order valence-corrected chi connectivity index (χ1v) is 9.18. The fourth-order valence-corrected chi connectivity index (χ4v) is 3.13. The van der Waals surface area contributed by atoms with Crippen LogP contribution in [0.1, 0.15) is 0 Å². The molecule has 2 rings (SSSR count). The fourth-order valence-electron chi connectivity index (χ4n) is 1.90. The van der Waals surface area contributed by atoms with Gasteiger partial charge in [-0.3, -0.25) is 9.10 Å². The van der Waals surface area contributed by atoms with Gasteiger partial charge < -0.3 is 5.32 Å². The van der Waals surface area contributed by atoms with Gasteiger partial charge in [-0.15, -0.1) is 0 Å². The van der Waals surface area contributed by atoms with Gasteiger partial charge >= 0.3 is 0 Å². The summed E-state index contributed by atoms with van der Waals surface area (Å²) in [6.45, 7) is -0.382. The second kappa shape index (κ2) is 7.10. The first-order valence-electron chi connectivity index (χ1n) is 6.54. The Hall–Kier alpha value is -1.93. The van der Waals surface area contributed by atoms with Crippen LogP contribution in [-0.2, 0) is 14.8 Å². The van der Waals surface area contributed by atoms with Gasteiger partial charge in [-0.1, -0.05) is 22.0 Å². The maximum absolute atomic E-state index is 12.8. The minimum atomic E-state index is -3.64. The second-order valence-corrected chi connectivity index (χ2v) is 7.63. The highest BCUT2D eigenvalue weighted by molar-refractivity contribution is 9.10. The van der Waals surface area contributed by atoms with E-state index >= 15 is 0 Å². The highest BCUT2D eigenvalue weighted by Gasteiger charge is 2.21. The number of hydrogen-bond donors (Lipinski definition) is 1. The number of sulfonamides is 1. The number of halogens is 2. The molecule has 0 saturated heterocycles. The van der Waals surface area contributed by atoms with Gasteiger partial charge in [0.15, 0.2) is 0 Å². The zero-order chi connectivity index (χ0) is 17.0. The minimum absolute atomic E-state index is 0.371. The van der Waals surface area contributed by atoms with Gasteiger partial charge in [0.05, 0.1) is 11.9 Å². The van der Waals surface area contributed by atoms with E-state index in [0.29, 0.717) is 15.8 Å². The first-order chi connectivity index (χ1) is 10.8. The molecule has 0 spiro atoms. The molecule has 1 N–H and O–H groups in total. The van der Waals surface area contributed by atoms with E-state index in [1.54, 1.807) is 24.3 Å². The van der Waals surface area contributed by atoms with E-state index in [0.717, 1.165) is 10.6 Å². The molecule has 0 bridgehead atoms. The molecule has 0 aliphatic carbocycles. The molecular formula is C15H14BrFN2O3S. The van der Waals surface area contributed by atoms with Gasteiger partial charge in [0, 0.05) is 10.2 Å². The molecule has 0 fully saturated rings. The van der Waals surface area contributed by atoms with Crippen LogP contribution in [0.3, 0.4) is 0 Å². The molecule has 23 heavy (non-hydrogen) atoms. The zero-order valence-corrected chi connectivity index (χ0v) is 14.6. The molecule has 0 saturated carbocycles. The van der Waals surface area contributed by atoms with Crippen molar-refractivity contribution in [3.63, 3.8) is 0 Å². The van der Waals surface area contributed by atoms with E-state index in [4.69, 9.17) is 0 Å². The second-order valence-electron chi connectivity index (χ2n) is 4.80. The van der Waals surface area contributed by atoms with Crippen LogP contribution in [0.5, 0.6) is 0 Å². The number of nitrogens with zero attached hydrogens (tertiary/aromatic N) is 1. The van der Waals surface area contributed by atoms with E-state index < -0.39 is 21.7 Å². The number of carbonyl (C=O) groups is 1. The van der Waals surface area contributed by atoms with Gasteiger partial charge in [0.25, 0.3) is 0 Å². The Morgan fingerprint density at radius 3 is 2.43 bits per heavy atom. The summed E-state index contributed by atoms with van der Waals surface area (Å²) in [5.74, 6) is -0.947. The molecule has 2 aromatic rings. The molecule has 2 aromatic carbocycles. The van der Waals surface area contributed by atoms with E-state index in [1.807, 2.05) is 0 Å². The van der Waals surface area contributed by atoms with E-state index in [1.165, 1.54) is 24.3 Å². The molecular weight excluding hydrogens is 387 g/mol. The molecule has 0 atom stereocenters. The lowest BCUT2D eigenvalue weighted by Crippen LogP contribution is -2.37. The number of amides is 1. The standard InChI is InChI=1S/C15H14BrFN2O3S/c1-23(21,22)19(14-4-2-3-11(16)9-14)10-15(20)18-13-7-5-12(17)6-8-13/h2-9H,10H2,1H3,(H,18,20). The Morgan fingerprint density at radius 2 is 1.87 bits per heavy atom. The van der Waals surface area contributed by atoms with Crippen molar-refractivity contribution in [2.45, 2.75) is 0 Å². The number of anilines is 2. The molecule has 0 heterocycles. The normalized spacial score (nSPS) is 11.1. The maximum atomic E-state index is 12.8. The third kappa shape index (κ3) is 5.04. The number of nitrogens with one attached hydrogen (secondary N) is 1. The van der Waals surface area contributed by atoms with Crippen LogP contribution >= 0.6 is 15.9 Å². The van der Waals surface area contributed by atoms with E-state index in [9.17, 15) is 17.6 Å². The number of carbonyl (C=O) groups excluding carboxylic acids is 1. The van der Waals surface area contributed by atoms with Crippen LogP contribution in [0, 0.1) is 5.82 Å². The Balaban J connectivity index is 2.18. The Bertz CT molecular complexity index is 810. The number of benzene rings is 2. The third-order valence-corrected chi connectivity index (χ3v) is 4.55. The summed E-state index contributed by atoms with van der Waals surface area (Å²) in [6, 6.07) is 11.8. The van der Waals surface area contributed by atoms with Crippen molar-refractivity contribution in [1.29, 1.82) is 0 Å². The van der Waals surface area contributed by atoms with Gasteiger partial charge in [-0.25, -0.2) is 12.8 Å². The predicted molar refractivity (Wildman–Crippen MR) is 91.4 cm³/mol. The molecule has 0 aliphatic rings. The van der Waals surface area contributed by atoms with E-state index in [-0.39, 0.29) is 6.54 Å². The van der Waals surface area contributed by atoms with Crippen LogP contribution in [0.4, 0.5) is 15.8 Å². The van der Waals surface area contributed by atoms with Gasteiger partial charge in [-0.05, 0) is 42.5 Å². The van der Waals surface area contributed by atoms with Gasteiger partial charge in [0.1, 0.15) is 12.4 Å². The van der Waals surface area contributed by atoms with E-state index in [2.05, 4.69) is 21.2 Å². The van der Waals surface area contributed by atoms with Crippen molar-refractivity contribution in [1.82, 2.24) is 0 Å². The number of rotatable bonds is 5. The molecule has 122 valence electrons. The molecule has 5 nitrogen and oxygen atoms in total. The third-order valence-electron chi connectivity index (χ3n) is 2.91. The van der Waals surface area contributed by atoms with Crippen molar-refractivity contribution in [2.75, 3.05) is 22.4 Å².